The lowest BCUT2D eigenvalue weighted by atomic mass is 9.92. The summed E-state index contributed by atoms with van der Waals surface area (Å²) in [4.78, 5) is 10.3. The molecule has 3 aromatic rings. The van der Waals surface area contributed by atoms with E-state index in [1.54, 1.807) is 0 Å². The molecule has 2 aromatic heterocycles. The fourth-order valence-electron chi connectivity index (χ4n) is 4.46. The van der Waals surface area contributed by atoms with Gasteiger partial charge in [0, 0.05) is 41.7 Å². The molecule has 0 amide bonds. The van der Waals surface area contributed by atoms with E-state index < -0.39 is 0 Å². The zero-order chi connectivity index (χ0) is 19.8. The Morgan fingerprint density at radius 3 is 2.38 bits per heavy atom. The van der Waals surface area contributed by atoms with Crippen molar-refractivity contribution in [3.8, 4) is 22.4 Å². The van der Waals surface area contributed by atoms with Crippen LogP contribution >= 0.6 is 0 Å². The second-order valence-corrected chi connectivity index (χ2v) is 8.67. The Kier molecular flexibility index (Phi) is 4.72. The summed E-state index contributed by atoms with van der Waals surface area (Å²) in [5.41, 5.74) is 12.0. The van der Waals surface area contributed by atoms with E-state index in [9.17, 15) is 4.39 Å². The first kappa shape index (κ1) is 18.5. The number of nitrogens with one attached hydrogen (secondary N) is 1. The lowest BCUT2D eigenvalue weighted by molar-refractivity contribution is 0.195. The zero-order valence-corrected chi connectivity index (χ0v) is 16.6. The van der Waals surface area contributed by atoms with Gasteiger partial charge in [0.05, 0.1) is 5.69 Å². The highest BCUT2D eigenvalue weighted by Crippen LogP contribution is 2.38. The molecule has 0 atom stereocenters. The number of hydrogen-bond donors (Lipinski definition) is 2. The molecule has 1 aliphatic carbocycles. The van der Waals surface area contributed by atoms with Crippen molar-refractivity contribution in [2.45, 2.75) is 37.1 Å². The molecule has 1 saturated carbocycles. The van der Waals surface area contributed by atoms with Crippen LogP contribution in [0.4, 0.5) is 4.39 Å². The zero-order valence-electron chi connectivity index (χ0n) is 16.6. The van der Waals surface area contributed by atoms with E-state index in [4.69, 9.17) is 5.73 Å². The third kappa shape index (κ3) is 3.98. The molecule has 1 aliphatic heterocycles. The van der Waals surface area contributed by atoms with E-state index in [2.05, 4.69) is 20.9 Å². The maximum absolute atomic E-state index is 13.4. The van der Waals surface area contributed by atoms with Crippen LogP contribution in [0.25, 0.3) is 22.4 Å². The average Bonchev–Trinajstić information content (AvgIpc) is 3.30. The van der Waals surface area contributed by atoms with Gasteiger partial charge in [-0.3, -0.25) is 4.98 Å². The molecule has 1 aromatic carbocycles. The summed E-state index contributed by atoms with van der Waals surface area (Å²) in [5.74, 6) is 0.292. The first-order valence-corrected chi connectivity index (χ1v) is 10.5. The summed E-state index contributed by atoms with van der Waals surface area (Å²) in [6.07, 6.45) is 8.23. The minimum atomic E-state index is -0.216. The topological polar surface area (TPSA) is 57.9 Å². The van der Waals surface area contributed by atoms with Gasteiger partial charge >= 0.3 is 0 Å². The Morgan fingerprint density at radius 2 is 1.72 bits per heavy atom. The molecule has 5 heteroatoms. The van der Waals surface area contributed by atoms with Crippen molar-refractivity contribution in [3.05, 3.63) is 66.4 Å². The van der Waals surface area contributed by atoms with Gasteiger partial charge in [-0.25, -0.2) is 4.39 Å². The van der Waals surface area contributed by atoms with Crippen LogP contribution < -0.4 is 5.73 Å². The van der Waals surface area contributed by atoms with Crippen molar-refractivity contribution in [3.63, 3.8) is 0 Å². The van der Waals surface area contributed by atoms with E-state index in [1.807, 2.05) is 36.7 Å². The van der Waals surface area contributed by atoms with Gasteiger partial charge < -0.3 is 15.6 Å². The number of likely N-dealkylation sites (tertiary alicyclic amines) is 1. The van der Waals surface area contributed by atoms with Gasteiger partial charge in [-0.1, -0.05) is 0 Å². The first-order chi connectivity index (χ1) is 14.1. The number of hydrogen-bond acceptors (Lipinski definition) is 3. The molecule has 150 valence electrons. The van der Waals surface area contributed by atoms with Crippen LogP contribution in [0.2, 0.25) is 0 Å². The van der Waals surface area contributed by atoms with Gasteiger partial charge in [-0.2, -0.15) is 0 Å². The van der Waals surface area contributed by atoms with Crippen LogP contribution in [0.5, 0.6) is 0 Å². The molecule has 0 radical (unpaired) electrons. The SMILES string of the molecule is NC1(CN2CCC(c3cc(-c4ccncc4)c(-c4ccc(F)cc4)[nH]3)CC2)CC1. The minimum absolute atomic E-state index is 0.0868. The van der Waals surface area contributed by atoms with Crippen molar-refractivity contribution < 1.29 is 4.39 Å². The first-order valence-electron chi connectivity index (χ1n) is 10.5. The number of H-pyrrole nitrogens is 1. The Morgan fingerprint density at radius 1 is 1.03 bits per heavy atom. The van der Waals surface area contributed by atoms with Gasteiger partial charge in [0.1, 0.15) is 5.82 Å². The fourth-order valence-corrected chi connectivity index (χ4v) is 4.46. The number of halogens is 1. The lowest BCUT2D eigenvalue weighted by Crippen LogP contribution is -2.43. The van der Waals surface area contributed by atoms with Crippen molar-refractivity contribution in [1.82, 2.24) is 14.9 Å². The Balaban J connectivity index is 1.41. The van der Waals surface area contributed by atoms with E-state index in [1.165, 1.54) is 30.7 Å². The van der Waals surface area contributed by atoms with Crippen molar-refractivity contribution >= 4 is 0 Å². The summed E-state index contributed by atoms with van der Waals surface area (Å²) in [7, 11) is 0. The quantitative estimate of drug-likeness (QED) is 0.672. The Labute approximate surface area is 171 Å². The molecule has 0 bridgehead atoms. The second-order valence-electron chi connectivity index (χ2n) is 8.67. The van der Waals surface area contributed by atoms with Gasteiger partial charge in [-0.15, -0.1) is 0 Å². The molecule has 3 heterocycles. The lowest BCUT2D eigenvalue weighted by Gasteiger charge is -2.33. The maximum atomic E-state index is 13.4. The van der Waals surface area contributed by atoms with Crippen LogP contribution in [-0.4, -0.2) is 40.0 Å². The van der Waals surface area contributed by atoms with Gasteiger partial charge in [0.15, 0.2) is 0 Å². The number of pyridine rings is 1. The second kappa shape index (κ2) is 7.39. The molecule has 2 aliphatic rings. The number of rotatable bonds is 5. The number of piperidine rings is 1. The summed E-state index contributed by atoms with van der Waals surface area (Å²) in [6.45, 7) is 3.23. The van der Waals surface area contributed by atoms with Gasteiger partial charge in [0.2, 0.25) is 0 Å². The molecule has 0 spiro atoms. The van der Waals surface area contributed by atoms with Crippen molar-refractivity contribution in [1.29, 1.82) is 0 Å². The molecule has 29 heavy (non-hydrogen) atoms. The van der Waals surface area contributed by atoms with E-state index in [0.29, 0.717) is 5.92 Å². The molecule has 4 nitrogen and oxygen atoms in total. The van der Waals surface area contributed by atoms with E-state index >= 15 is 0 Å². The number of aromatic nitrogens is 2. The molecule has 3 N–H and O–H groups in total. The van der Waals surface area contributed by atoms with Crippen LogP contribution in [0.1, 0.15) is 37.3 Å². The molecule has 5 rings (SSSR count). The standard InChI is InChI=1S/C24H27FN4/c25-20-3-1-19(2-4-20)23-21(17-5-11-27-12-6-17)15-22(28-23)18-7-13-29(14-8-18)16-24(26)9-10-24/h1-6,11-12,15,18,28H,7-10,13-14,16,26H2. The Bertz CT molecular complexity index is 968. The molecule has 1 saturated heterocycles. The molecule has 2 fully saturated rings. The van der Waals surface area contributed by atoms with Crippen molar-refractivity contribution in [2.75, 3.05) is 19.6 Å². The highest BCUT2D eigenvalue weighted by Gasteiger charge is 2.40. The normalized spacial score (nSPS) is 19.4. The minimum Gasteiger partial charge on any atom is -0.358 e. The van der Waals surface area contributed by atoms with E-state index in [-0.39, 0.29) is 11.4 Å². The van der Waals surface area contributed by atoms with Gasteiger partial charge in [0.25, 0.3) is 0 Å². The smallest absolute Gasteiger partial charge is 0.123 e. The summed E-state index contributed by atoms with van der Waals surface area (Å²) in [5, 5.41) is 0. The molecular weight excluding hydrogens is 363 g/mol. The summed E-state index contributed by atoms with van der Waals surface area (Å²) in [6, 6.07) is 13.1. The van der Waals surface area contributed by atoms with Crippen LogP contribution in [0.15, 0.2) is 54.9 Å². The van der Waals surface area contributed by atoms with Gasteiger partial charge in [-0.05, 0) is 92.4 Å². The summed E-state index contributed by atoms with van der Waals surface area (Å²) < 4.78 is 13.4. The van der Waals surface area contributed by atoms with Crippen LogP contribution in [0, 0.1) is 5.82 Å². The largest absolute Gasteiger partial charge is 0.358 e. The third-order valence-electron chi connectivity index (χ3n) is 6.42. The third-order valence-corrected chi connectivity index (χ3v) is 6.42. The molecule has 0 unspecified atom stereocenters. The number of nitrogens with zero attached hydrogens (tertiary/aromatic N) is 2. The summed E-state index contributed by atoms with van der Waals surface area (Å²) >= 11 is 0. The monoisotopic (exact) mass is 390 g/mol. The highest BCUT2D eigenvalue weighted by molar-refractivity contribution is 5.82. The average molecular weight is 391 g/mol. The predicted octanol–water partition coefficient (Wildman–Crippen LogP) is 4.55. The van der Waals surface area contributed by atoms with Crippen molar-refractivity contribution in [2.24, 2.45) is 5.73 Å². The number of nitrogens with two attached hydrogens (primary N) is 1. The maximum Gasteiger partial charge on any atom is 0.123 e. The highest BCUT2D eigenvalue weighted by atomic mass is 19.1. The van der Waals surface area contributed by atoms with Crippen LogP contribution in [0.3, 0.4) is 0 Å². The molecular formula is C24H27FN4. The van der Waals surface area contributed by atoms with E-state index in [0.717, 1.165) is 54.9 Å². The number of benzene rings is 1. The Hall–Kier alpha value is -2.50. The fraction of sp³-hybridized carbons (Fsp3) is 0.375. The van der Waals surface area contributed by atoms with Crippen LogP contribution in [-0.2, 0) is 0 Å². The predicted molar refractivity (Wildman–Crippen MR) is 114 cm³/mol. The number of aromatic amines is 1.